The van der Waals surface area contributed by atoms with E-state index in [2.05, 4.69) is 9.97 Å². The molecule has 0 spiro atoms. The molecule has 2 aromatic rings. The van der Waals surface area contributed by atoms with Crippen molar-refractivity contribution in [2.45, 2.75) is 39.2 Å². The molecule has 0 bridgehead atoms. The number of nitrogens with zero attached hydrogens (tertiary/aromatic N) is 3. The lowest BCUT2D eigenvalue weighted by Crippen LogP contribution is -2.47. The third-order valence-corrected chi connectivity index (χ3v) is 4.53. The van der Waals surface area contributed by atoms with Crippen LogP contribution in [-0.2, 0) is 0 Å². The van der Waals surface area contributed by atoms with Crippen LogP contribution in [-0.4, -0.2) is 39.9 Å². The van der Waals surface area contributed by atoms with Gasteiger partial charge in [0.1, 0.15) is 0 Å². The Morgan fingerprint density at radius 2 is 1.80 bits per heavy atom. The fourth-order valence-corrected chi connectivity index (χ4v) is 3.30. The van der Waals surface area contributed by atoms with Crippen molar-refractivity contribution < 1.29 is 4.79 Å². The first-order valence-corrected chi connectivity index (χ1v) is 8.52. The Balaban J connectivity index is 0.00000225. The molecule has 1 fully saturated rings. The monoisotopic (exact) mass is 360 g/mol. The number of hydrogen-bond acceptors (Lipinski definition) is 4. The molecule has 134 valence electrons. The van der Waals surface area contributed by atoms with E-state index in [-0.39, 0.29) is 24.4 Å². The molecule has 1 saturated heterocycles. The molecule has 25 heavy (non-hydrogen) atoms. The number of amides is 1. The Morgan fingerprint density at radius 1 is 1.16 bits per heavy atom. The number of likely N-dealkylation sites (tertiary alicyclic amines) is 1. The van der Waals surface area contributed by atoms with Crippen molar-refractivity contribution in [2.75, 3.05) is 13.1 Å². The molecule has 1 atom stereocenters. The molecule has 1 aromatic heterocycles. The molecule has 6 heteroatoms. The van der Waals surface area contributed by atoms with E-state index in [1.807, 2.05) is 49.1 Å². The molecule has 5 nitrogen and oxygen atoms in total. The number of rotatable bonds is 3. The lowest BCUT2D eigenvalue weighted by Gasteiger charge is -2.35. The molecular formula is C19H25ClN4O. The highest BCUT2D eigenvalue weighted by Crippen LogP contribution is 2.21. The minimum Gasteiger partial charge on any atom is -0.334 e. The summed E-state index contributed by atoms with van der Waals surface area (Å²) in [5.74, 6) is 0.766. The Morgan fingerprint density at radius 3 is 2.40 bits per heavy atom. The summed E-state index contributed by atoms with van der Waals surface area (Å²) in [4.78, 5) is 23.6. The summed E-state index contributed by atoms with van der Waals surface area (Å²) < 4.78 is 0. The van der Waals surface area contributed by atoms with Gasteiger partial charge in [0, 0.05) is 41.6 Å². The molecule has 0 aliphatic carbocycles. The van der Waals surface area contributed by atoms with Crippen LogP contribution in [0.1, 0.15) is 41.0 Å². The van der Waals surface area contributed by atoms with Gasteiger partial charge in [0.25, 0.3) is 5.91 Å². The zero-order valence-electron chi connectivity index (χ0n) is 14.7. The third kappa shape index (κ3) is 4.35. The lowest BCUT2D eigenvalue weighted by atomic mass is 10.0. The second kappa shape index (κ2) is 8.41. The number of nitrogens with two attached hydrogens (primary N) is 1. The number of hydrogen-bond donors (Lipinski definition) is 1. The largest absolute Gasteiger partial charge is 0.334 e. The molecule has 1 amide bonds. The highest BCUT2D eigenvalue weighted by atomic mass is 35.5. The van der Waals surface area contributed by atoms with Crippen molar-refractivity contribution >= 4 is 18.3 Å². The number of halogens is 1. The van der Waals surface area contributed by atoms with Crippen LogP contribution in [0, 0.1) is 13.8 Å². The van der Waals surface area contributed by atoms with Gasteiger partial charge in [-0.05, 0) is 51.3 Å². The van der Waals surface area contributed by atoms with Crippen LogP contribution in [0.3, 0.4) is 0 Å². The lowest BCUT2D eigenvalue weighted by molar-refractivity contribution is 0.0623. The quantitative estimate of drug-likeness (QED) is 0.912. The first kappa shape index (κ1) is 19.3. The molecule has 1 unspecified atom stereocenters. The van der Waals surface area contributed by atoms with Crippen LogP contribution in [0.2, 0.25) is 0 Å². The summed E-state index contributed by atoms with van der Waals surface area (Å²) in [6.45, 7) is 5.24. The fraction of sp³-hybridized carbons (Fsp3) is 0.421. The molecular weight excluding hydrogens is 336 g/mol. The minimum atomic E-state index is 0. The smallest absolute Gasteiger partial charge is 0.254 e. The third-order valence-electron chi connectivity index (χ3n) is 4.53. The Hall–Kier alpha value is -1.98. The van der Waals surface area contributed by atoms with E-state index in [1.54, 1.807) is 0 Å². The molecule has 1 aromatic carbocycles. The zero-order valence-corrected chi connectivity index (χ0v) is 15.6. The van der Waals surface area contributed by atoms with E-state index in [0.717, 1.165) is 42.8 Å². The summed E-state index contributed by atoms with van der Waals surface area (Å²) in [7, 11) is 0. The summed E-state index contributed by atoms with van der Waals surface area (Å²) in [5, 5.41) is 0. The summed E-state index contributed by atoms with van der Waals surface area (Å²) in [6, 6.07) is 9.67. The number of aryl methyl sites for hydroxylation is 2. The maximum atomic E-state index is 12.8. The van der Waals surface area contributed by atoms with Crippen molar-refractivity contribution in [1.82, 2.24) is 14.9 Å². The van der Waals surface area contributed by atoms with Crippen molar-refractivity contribution in [1.29, 1.82) is 0 Å². The van der Waals surface area contributed by atoms with E-state index in [4.69, 9.17) is 5.73 Å². The van der Waals surface area contributed by atoms with Gasteiger partial charge in [-0.25, -0.2) is 9.97 Å². The number of carbonyl (C=O) groups excluding carboxylic acids is 1. The highest BCUT2D eigenvalue weighted by Gasteiger charge is 2.26. The van der Waals surface area contributed by atoms with Crippen molar-refractivity contribution in [3.63, 3.8) is 0 Å². The number of piperidine rings is 1. The van der Waals surface area contributed by atoms with E-state index < -0.39 is 0 Å². The van der Waals surface area contributed by atoms with Gasteiger partial charge < -0.3 is 10.6 Å². The molecule has 3 rings (SSSR count). The second-order valence-electron chi connectivity index (χ2n) is 6.44. The highest BCUT2D eigenvalue weighted by molar-refractivity contribution is 5.95. The van der Waals surface area contributed by atoms with Gasteiger partial charge >= 0.3 is 0 Å². The zero-order chi connectivity index (χ0) is 17.1. The normalized spacial score (nSPS) is 17.1. The van der Waals surface area contributed by atoms with Gasteiger partial charge in [-0.15, -0.1) is 12.4 Å². The van der Waals surface area contributed by atoms with Crippen LogP contribution in [0.5, 0.6) is 0 Å². The first-order chi connectivity index (χ1) is 11.6. The number of carbonyl (C=O) groups is 1. The molecule has 1 aliphatic rings. The first-order valence-electron chi connectivity index (χ1n) is 8.52. The summed E-state index contributed by atoms with van der Waals surface area (Å²) in [5.41, 5.74) is 9.33. The summed E-state index contributed by atoms with van der Waals surface area (Å²) in [6.07, 6.45) is 3.20. The van der Waals surface area contributed by atoms with Crippen LogP contribution in [0.25, 0.3) is 11.4 Å². The van der Waals surface area contributed by atoms with Crippen LogP contribution >= 0.6 is 12.4 Å². The van der Waals surface area contributed by atoms with E-state index in [9.17, 15) is 4.79 Å². The van der Waals surface area contributed by atoms with E-state index in [1.165, 1.54) is 0 Å². The van der Waals surface area contributed by atoms with Gasteiger partial charge in [0.2, 0.25) is 0 Å². The average Bonchev–Trinajstić information content (AvgIpc) is 2.60. The van der Waals surface area contributed by atoms with Gasteiger partial charge in [-0.3, -0.25) is 4.79 Å². The SMILES string of the molecule is Cc1cc(C)nc(-c2ccc(C(=O)N3CCCCC3CN)cc2)n1.Cl. The van der Waals surface area contributed by atoms with Crippen LogP contribution in [0.15, 0.2) is 30.3 Å². The molecule has 2 heterocycles. The Bertz CT molecular complexity index is 712. The maximum Gasteiger partial charge on any atom is 0.254 e. The predicted octanol–water partition coefficient (Wildman–Crippen LogP) is 3.14. The van der Waals surface area contributed by atoms with Crippen molar-refractivity contribution in [2.24, 2.45) is 5.73 Å². The standard InChI is InChI=1S/C19H24N4O.ClH/c1-13-11-14(2)22-18(21-13)15-6-8-16(9-7-15)19(24)23-10-4-3-5-17(23)12-20;/h6-9,11,17H,3-5,10,12,20H2,1-2H3;1H. The van der Waals surface area contributed by atoms with Crippen LogP contribution < -0.4 is 5.73 Å². The molecule has 0 radical (unpaired) electrons. The number of benzene rings is 1. The summed E-state index contributed by atoms with van der Waals surface area (Å²) >= 11 is 0. The number of aromatic nitrogens is 2. The Kier molecular flexibility index (Phi) is 6.51. The Labute approximate surface area is 155 Å². The van der Waals surface area contributed by atoms with Crippen molar-refractivity contribution in [3.05, 3.63) is 47.3 Å². The molecule has 1 aliphatic heterocycles. The minimum absolute atomic E-state index is 0. The fourth-order valence-electron chi connectivity index (χ4n) is 3.30. The van der Waals surface area contributed by atoms with Gasteiger partial charge in [-0.2, -0.15) is 0 Å². The maximum absolute atomic E-state index is 12.8. The van der Waals surface area contributed by atoms with E-state index >= 15 is 0 Å². The topological polar surface area (TPSA) is 72.1 Å². The average molecular weight is 361 g/mol. The predicted molar refractivity (Wildman–Crippen MR) is 102 cm³/mol. The van der Waals surface area contributed by atoms with Gasteiger partial charge in [0.15, 0.2) is 5.82 Å². The second-order valence-corrected chi connectivity index (χ2v) is 6.44. The van der Waals surface area contributed by atoms with Gasteiger partial charge in [0.05, 0.1) is 0 Å². The van der Waals surface area contributed by atoms with Crippen molar-refractivity contribution in [3.8, 4) is 11.4 Å². The molecule has 2 N–H and O–H groups in total. The van der Waals surface area contributed by atoms with Gasteiger partial charge in [-0.1, -0.05) is 12.1 Å². The van der Waals surface area contributed by atoms with E-state index in [0.29, 0.717) is 17.9 Å². The van der Waals surface area contributed by atoms with Crippen LogP contribution in [0.4, 0.5) is 0 Å². The molecule has 0 saturated carbocycles.